The maximum absolute atomic E-state index is 11.0. The smallest absolute Gasteiger partial charge is 0.304 e. The largest absolute Gasteiger partial charge is 0.493 e. The van der Waals surface area contributed by atoms with Gasteiger partial charge in [-0.1, -0.05) is 6.07 Å². The van der Waals surface area contributed by atoms with E-state index in [0.717, 1.165) is 18.5 Å². The summed E-state index contributed by atoms with van der Waals surface area (Å²) in [7, 11) is 3.13. The molecule has 122 valence electrons. The van der Waals surface area contributed by atoms with Crippen molar-refractivity contribution in [2.75, 3.05) is 33.9 Å². The summed E-state index contributed by atoms with van der Waals surface area (Å²) < 4.78 is 10.5. The number of ether oxygens (including phenoxy) is 2. The van der Waals surface area contributed by atoms with Gasteiger partial charge in [0.05, 0.1) is 20.6 Å². The van der Waals surface area contributed by atoms with Gasteiger partial charge in [-0.05, 0) is 37.1 Å². The van der Waals surface area contributed by atoms with E-state index in [9.17, 15) is 9.90 Å². The van der Waals surface area contributed by atoms with E-state index in [-0.39, 0.29) is 6.42 Å². The van der Waals surface area contributed by atoms with E-state index in [1.807, 2.05) is 11.0 Å². The Morgan fingerprint density at radius 1 is 1.32 bits per heavy atom. The number of piperidine rings is 1. The summed E-state index contributed by atoms with van der Waals surface area (Å²) in [5, 5.41) is 19.8. The molecule has 0 amide bonds. The fourth-order valence-corrected chi connectivity index (χ4v) is 2.93. The molecule has 2 rings (SSSR count). The van der Waals surface area contributed by atoms with Crippen LogP contribution in [0.15, 0.2) is 18.2 Å². The Morgan fingerprint density at radius 2 is 2.05 bits per heavy atom. The molecule has 0 bridgehead atoms. The average molecular weight is 309 g/mol. The number of methoxy groups -OCH3 is 2. The number of rotatable bonds is 6. The van der Waals surface area contributed by atoms with Gasteiger partial charge in [-0.2, -0.15) is 0 Å². The second-order valence-electron chi connectivity index (χ2n) is 5.62. The zero-order valence-electron chi connectivity index (χ0n) is 13.0. The van der Waals surface area contributed by atoms with E-state index >= 15 is 0 Å². The van der Waals surface area contributed by atoms with Crippen molar-refractivity contribution in [2.24, 2.45) is 0 Å². The van der Waals surface area contributed by atoms with E-state index in [2.05, 4.69) is 0 Å². The highest BCUT2D eigenvalue weighted by Crippen LogP contribution is 2.36. The maximum Gasteiger partial charge on any atom is 0.304 e. The minimum atomic E-state index is -0.990. The zero-order valence-corrected chi connectivity index (χ0v) is 13.0. The van der Waals surface area contributed by atoms with Gasteiger partial charge in [-0.3, -0.25) is 9.69 Å². The van der Waals surface area contributed by atoms with Gasteiger partial charge in [0.2, 0.25) is 0 Å². The maximum atomic E-state index is 11.0. The van der Waals surface area contributed by atoms with Crippen LogP contribution >= 0.6 is 0 Å². The molecule has 1 aromatic carbocycles. The molecule has 0 spiro atoms. The number of benzene rings is 1. The van der Waals surface area contributed by atoms with Gasteiger partial charge in [0.1, 0.15) is 5.60 Å². The van der Waals surface area contributed by atoms with Crippen LogP contribution in [-0.4, -0.2) is 54.9 Å². The normalized spacial score (nSPS) is 22.3. The molecule has 6 nitrogen and oxygen atoms in total. The summed E-state index contributed by atoms with van der Waals surface area (Å²) in [4.78, 5) is 12.7. The van der Waals surface area contributed by atoms with Crippen LogP contribution < -0.4 is 9.47 Å². The number of β-amino-alcohol motifs (C(OH)–C–C–N with tert-alkyl or cyclic N) is 1. The number of hydrogen-bond donors (Lipinski definition) is 2. The minimum absolute atomic E-state index is 0.0853. The van der Waals surface area contributed by atoms with Crippen molar-refractivity contribution in [3.05, 3.63) is 23.8 Å². The summed E-state index contributed by atoms with van der Waals surface area (Å²) in [6, 6.07) is 5.41. The first kappa shape index (κ1) is 16.6. The molecule has 1 aliphatic rings. The van der Waals surface area contributed by atoms with Crippen molar-refractivity contribution in [3.8, 4) is 11.5 Å². The van der Waals surface area contributed by atoms with Crippen molar-refractivity contribution in [2.45, 2.75) is 24.9 Å². The molecule has 1 saturated heterocycles. The summed E-state index contributed by atoms with van der Waals surface area (Å²) >= 11 is 0. The molecule has 22 heavy (non-hydrogen) atoms. The summed E-state index contributed by atoms with van der Waals surface area (Å²) in [5.74, 6) is 0.379. The first-order chi connectivity index (χ1) is 10.5. The lowest BCUT2D eigenvalue weighted by Gasteiger charge is -2.39. The van der Waals surface area contributed by atoms with Crippen molar-refractivity contribution in [1.29, 1.82) is 0 Å². The molecule has 2 N–H and O–H groups in total. The number of hydrogen-bond acceptors (Lipinski definition) is 5. The van der Waals surface area contributed by atoms with Gasteiger partial charge in [0, 0.05) is 13.1 Å². The molecular formula is C16H23NO5. The van der Waals surface area contributed by atoms with Crippen LogP contribution in [0.3, 0.4) is 0 Å². The SMILES string of the molecule is COc1ccc(C2(O)CCCN(CCC(=O)O)C2)cc1OC. The van der Waals surface area contributed by atoms with Crippen LogP contribution in [0.2, 0.25) is 0 Å². The first-order valence-electron chi connectivity index (χ1n) is 7.37. The third kappa shape index (κ3) is 3.69. The average Bonchev–Trinajstić information content (AvgIpc) is 2.52. The fraction of sp³-hybridized carbons (Fsp3) is 0.562. The minimum Gasteiger partial charge on any atom is -0.493 e. The molecular weight excluding hydrogens is 286 g/mol. The van der Waals surface area contributed by atoms with Gasteiger partial charge < -0.3 is 19.7 Å². The van der Waals surface area contributed by atoms with Gasteiger partial charge >= 0.3 is 5.97 Å². The molecule has 1 atom stereocenters. The van der Waals surface area contributed by atoms with Crippen LogP contribution in [0.5, 0.6) is 11.5 Å². The lowest BCUT2D eigenvalue weighted by atomic mass is 9.85. The molecule has 1 unspecified atom stereocenters. The van der Waals surface area contributed by atoms with Crippen LogP contribution in [-0.2, 0) is 10.4 Å². The van der Waals surface area contributed by atoms with Gasteiger partial charge in [0.25, 0.3) is 0 Å². The Morgan fingerprint density at radius 3 is 2.68 bits per heavy atom. The van der Waals surface area contributed by atoms with Crippen LogP contribution in [0.1, 0.15) is 24.8 Å². The highest BCUT2D eigenvalue weighted by Gasteiger charge is 2.35. The molecule has 6 heteroatoms. The highest BCUT2D eigenvalue weighted by molar-refractivity contribution is 5.66. The van der Waals surface area contributed by atoms with Crippen molar-refractivity contribution in [1.82, 2.24) is 4.90 Å². The number of aliphatic hydroxyl groups is 1. The van der Waals surface area contributed by atoms with Crippen LogP contribution in [0, 0.1) is 0 Å². The van der Waals surface area contributed by atoms with E-state index in [4.69, 9.17) is 14.6 Å². The second-order valence-corrected chi connectivity index (χ2v) is 5.62. The third-order valence-corrected chi connectivity index (χ3v) is 4.11. The molecule has 1 heterocycles. The molecule has 1 aliphatic heterocycles. The summed E-state index contributed by atoms with van der Waals surface area (Å²) in [5.41, 5.74) is -0.221. The monoisotopic (exact) mass is 309 g/mol. The highest BCUT2D eigenvalue weighted by atomic mass is 16.5. The lowest BCUT2D eigenvalue weighted by molar-refractivity contribution is -0.137. The molecule has 0 radical (unpaired) electrons. The summed E-state index contributed by atoms with van der Waals surface area (Å²) in [6.45, 7) is 1.68. The Balaban J connectivity index is 2.16. The molecule has 0 aromatic heterocycles. The predicted octanol–water partition coefficient (Wildman–Crippen LogP) is 1.46. The molecule has 1 aromatic rings. The van der Waals surface area contributed by atoms with Gasteiger partial charge in [-0.25, -0.2) is 0 Å². The summed E-state index contributed by atoms with van der Waals surface area (Å²) in [6.07, 6.45) is 1.55. The molecule has 0 aliphatic carbocycles. The van der Waals surface area contributed by atoms with Crippen molar-refractivity contribution in [3.63, 3.8) is 0 Å². The van der Waals surface area contributed by atoms with Crippen LogP contribution in [0.4, 0.5) is 0 Å². The first-order valence-corrected chi connectivity index (χ1v) is 7.37. The quantitative estimate of drug-likeness (QED) is 0.828. The fourth-order valence-electron chi connectivity index (χ4n) is 2.93. The zero-order chi connectivity index (χ0) is 16.2. The second kappa shape index (κ2) is 6.98. The molecule has 1 fully saturated rings. The molecule has 0 saturated carbocycles. The number of carboxylic acids is 1. The predicted molar refractivity (Wildman–Crippen MR) is 81.4 cm³/mol. The van der Waals surface area contributed by atoms with Gasteiger partial charge in [-0.15, -0.1) is 0 Å². The Bertz CT molecular complexity index is 533. The van der Waals surface area contributed by atoms with E-state index in [0.29, 0.717) is 31.0 Å². The Labute approximate surface area is 130 Å². The Kier molecular flexibility index (Phi) is 5.26. The van der Waals surface area contributed by atoms with Crippen LogP contribution in [0.25, 0.3) is 0 Å². The number of carboxylic acid groups (broad SMARTS) is 1. The third-order valence-electron chi connectivity index (χ3n) is 4.11. The number of aliphatic carboxylic acids is 1. The number of likely N-dealkylation sites (tertiary alicyclic amines) is 1. The van der Waals surface area contributed by atoms with Crippen molar-refractivity contribution >= 4 is 5.97 Å². The van der Waals surface area contributed by atoms with E-state index in [1.54, 1.807) is 26.4 Å². The van der Waals surface area contributed by atoms with E-state index in [1.165, 1.54) is 0 Å². The van der Waals surface area contributed by atoms with Crippen molar-refractivity contribution < 1.29 is 24.5 Å². The van der Waals surface area contributed by atoms with Gasteiger partial charge in [0.15, 0.2) is 11.5 Å². The topological polar surface area (TPSA) is 79.2 Å². The lowest BCUT2D eigenvalue weighted by Crippen LogP contribution is -2.46. The van der Waals surface area contributed by atoms with E-state index < -0.39 is 11.6 Å². The Hall–Kier alpha value is -1.79. The standard InChI is InChI=1S/C16H23NO5/c1-21-13-5-4-12(10-14(13)22-2)16(20)7-3-8-17(11-16)9-6-15(18)19/h4-5,10,20H,3,6-9,11H2,1-2H3,(H,18,19). The number of carbonyl (C=O) groups is 1. The number of nitrogens with zero attached hydrogens (tertiary/aromatic N) is 1.